The molecule has 0 aliphatic carbocycles. The van der Waals surface area contributed by atoms with Crippen molar-refractivity contribution in [3.05, 3.63) is 65.7 Å². The standard InChI is InChI=1S/C21H22N2O3/c1-5-10-23-18-9-8-17(12-19(18)26-15(4)21(23)25)22-20(24)16-7-6-13(2)14(3)11-16/h5-9,11-12,15H,1,10H2,2-4H3,(H,22,24). The molecule has 5 heteroatoms. The van der Waals surface area contributed by atoms with Gasteiger partial charge >= 0.3 is 0 Å². The molecule has 3 rings (SSSR count). The third-order valence-corrected chi connectivity index (χ3v) is 4.51. The number of hydrogen-bond donors (Lipinski definition) is 1. The fourth-order valence-corrected chi connectivity index (χ4v) is 2.89. The van der Waals surface area contributed by atoms with Crippen LogP contribution >= 0.6 is 0 Å². The van der Waals surface area contributed by atoms with E-state index in [1.54, 1.807) is 42.2 Å². The Kier molecular flexibility index (Phi) is 4.80. The molecule has 5 nitrogen and oxygen atoms in total. The van der Waals surface area contributed by atoms with Crippen molar-refractivity contribution in [1.82, 2.24) is 0 Å². The second-order valence-electron chi connectivity index (χ2n) is 6.43. The highest BCUT2D eigenvalue weighted by molar-refractivity contribution is 6.05. The molecule has 134 valence electrons. The van der Waals surface area contributed by atoms with Crippen LogP contribution in [0, 0.1) is 13.8 Å². The molecule has 26 heavy (non-hydrogen) atoms. The number of nitrogens with zero attached hydrogens (tertiary/aromatic N) is 1. The summed E-state index contributed by atoms with van der Waals surface area (Å²) >= 11 is 0. The Morgan fingerprint density at radius 1 is 1.23 bits per heavy atom. The predicted octanol–water partition coefficient (Wildman–Crippen LogP) is 3.86. The van der Waals surface area contributed by atoms with Gasteiger partial charge in [-0.1, -0.05) is 12.1 Å². The van der Waals surface area contributed by atoms with Crippen molar-refractivity contribution in [3.63, 3.8) is 0 Å². The normalized spacial score (nSPS) is 15.9. The number of amides is 2. The highest BCUT2D eigenvalue weighted by Gasteiger charge is 2.30. The summed E-state index contributed by atoms with van der Waals surface area (Å²) in [7, 11) is 0. The Morgan fingerprint density at radius 3 is 2.69 bits per heavy atom. The van der Waals surface area contributed by atoms with Crippen molar-refractivity contribution in [3.8, 4) is 5.75 Å². The van der Waals surface area contributed by atoms with Crippen LogP contribution in [0.3, 0.4) is 0 Å². The second kappa shape index (κ2) is 7.04. The smallest absolute Gasteiger partial charge is 0.268 e. The van der Waals surface area contributed by atoms with Crippen molar-refractivity contribution in [2.75, 3.05) is 16.8 Å². The average molecular weight is 350 g/mol. The number of aryl methyl sites for hydroxylation is 2. The van der Waals surface area contributed by atoms with Crippen molar-refractivity contribution >= 4 is 23.2 Å². The van der Waals surface area contributed by atoms with Crippen LogP contribution in [0.4, 0.5) is 11.4 Å². The molecular formula is C21H22N2O3. The summed E-state index contributed by atoms with van der Waals surface area (Å²) in [5.74, 6) is 0.275. The first kappa shape index (κ1) is 17.7. The van der Waals surface area contributed by atoms with Gasteiger partial charge in [0, 0.05) is 23.9 Å². The van der Waals surface area contributed by atoms with E-state index in [1.165, 1.54) is 0 Å². The minimum absolute atomic E-state index is 0.107. The molecule has 1 aliphatic rings. The summed E-state index contributed by atoms with van der Waals surface area (Å²) in [4.78, 5) is 26.4. The Labute approximate surface area is 153 Å². The molecule has 1 unspecified atom stereocenters. The molecule has 1 atom stereocenters. The Morgan fingerprint density at radius 2 is 2.00 bits per heavy atom. The van der Waals surface area contributed by atoms with Gasteiger partial charge in [-0.15, -0.1) is 6.58 Å². The van der Waals surface area contributed by atoms with Gasteiger partial charge in [0.05, 0.1) is 5.69 Å². The number of hydrogen-bond acceptors (Lipinski definition) is 3. The van der Waals surface area contributed by atoms with E-state index in [0.717, 1.165) is 11.1 Å². The van der Waals surface area contributed by atoms with Crippen LogP contribution < -0.4 is 15.0 Å². The number of anilines is 2. The Bertz CT molecular complexity index is 889. The van der Waals surface area contributed by atoms with Gasteiger partial charge in [-0.2, -0.15) is 0 Å². The Hall–Kier alpha value is -3.08. The maximum atomic E-state index is 12.5. The summed E-state index contributed by atoms with van der Waals surface area (Å²) in [5.41, 5.74) is 4.11. The largest absolute Gasteiger partial charge is 0.479 e. The summed E-state index contributed by atoms with van der Waals surface area (Å²) < 4.78 is 5.71. The number of fused-ring (bicyclic) bond motifs is 1. The molecule has 0 saturated heterocycles. The lowest BCUT2D eigenvalue weighted by Gasteiger charge is -2.32. The molecular weight excluding hydrogens is 328 g/mol. The van der Waals surface area contributed by atoms with E-state index in [0.29, 0.717) is 29.2 Å². The number of carbonyl (C=O) groups excluding carboxylic acids is 2. The first-order valence-corrected chi connectivity index (χ1v) is 8.52. The van der Waals surface area contributed by atoms with Crippen LogP contribution in [0.1, 0.15) is 28.4 Å². The molecule has 0 fully saturated rings. The fourth-order valence-electron chi connectivity index (χ4n) is 2.89. The maximum Gasteiger partial charge on any atom is 0.268 e. The molecule has 2 aromatic rings. The van der Waals surface area contributed by atoms with Gasteiger partial charge in [0.1, 0.15) is 5.75 Å². The van der Waals surface area contributed by atoms with E-state index in [9.17, 15) is 9.59 Å². The summed E-state index contributed by atoms with van der Waals surface area (Å²) in [6.07, 6.45) is 1.10. The highest BCUT2D eigenvalue weighted by atomic mass is 16.5. The lowest BCUT2D eigenvalue weighted by molar-refractivity contribution is -0.125. The zero-order valence-electron chi connectivity index (χ0n) is 15.2. The summed E-state index contributed by atoms with van der Waals surface area (Å²) in [6.45, 7) is 9.81. The fraction of sp³-hybridized carbons (Fsp3) is 0.238. The number of ether oxygens (including phenoxy) is 1. The summed E-state index contributed by atoms with van der Waals surface area (Å²) in [6, 6.07) is 10.9. The SMILES string of the molecule is C=CCN1C(=O)C(C)Oc2cc(NC(=O)c3ccc(C)c(C)c3)ccc21. The second-order valence-corrected chi connectivity index (χ2v) is 6.43. The van der Waals surface area contributed by atoms with Crippen molar-refractivity contribution in [2.45, 2.75) is 26.9 Å². The number of nitrogens with one attached hydrogen (secondary N) is 1. The van der Waals surface area contributed by atoms with Crippen LogP contribution in [0.5, 0.6) is 5.75 Å². The van der Waals surface area contributed by atoms with Gasteiger partial charge in [-0.25, -0.2) is 0 Å². The minimum atomic E-state index is -0.576. The molecule has 0 saturated carbocycles. The quantitative estimate of drug-likeness (QED) is 0.852. The zero-order valence-corrected chi connectivity index (χ0v) is 15.2. The molecule has 0 aromatic heterocycles. The van der Waals surface area contributed by atoms with Crippen molar-refractivity contribution in [1.29, 1.82) is 0 Å². The van der Waals surface area contributed by atoms with Gasteiger partial charge in [-0.3, -0.25) is 9.59 Å². The monoisotopic (exact) mass is 350 g/mol. The van der Waals surface area contributed by atoms with E-state index in [-0.39, 0.29) is 11.8 Å². The van der Waals surface area contributed by atoms with Gasteiger partial charge in [0.15, 0.2) is 6.10 Å². The molecule has 0 spiro atoms. The van der Waals surface area contributed by atoms with Gasteiger partial charge < -0.3 is 15.0 Å². The number of carbonyl (C=O) groups is 2. The van der Waals surface area contributed by atoms with Gasteiger partial charge in [0.25, 0.3) is 11.8 Å². The molecule has 1 aliphatic heterocycles. The molecule has 2 aromatic carbocycles. The van der Waals surface area contributed by atoms with E-state index < -0.39 is 6.10 Å². The van der Waals surface area contributed by atoms with E-state index >= 15 is 0 Å². The van der Waals surface area contributed by atoms with E-state index in [1.807, 2.05) is 26.0 Å². The van der Waals surface area contributed by atoms with Crippen molar-refractivity contribution in [2.24, 2.45) is 0 Å². The molecule has 0 bridgehead atoms. The van der Waals surface area contributed by atoms with Crippen molar-refractivity contribution < 1.29 is 14.3 Å². The topological polar surface area (TPSA) is 58.6 Å². The minimum Gasteiger partial charge on any atom is -0.479 e. The third kappa shape index (κ3) is 3.33. The summed E-state index contributed by atoms with van der Waals surface area (Å²) in [5, 5.41) is 2.89. The lowest BCUT2D eigenvalue weighted by Crippen LogP contribution is -2.44. The molecule has 0 radical (unpaired) electrons. The highest BCUT2D eigenvalue weighted by Crippen LogP contribution is 2.36. The first-order chi connectivity index (χ1) is 12.4. The van der Waals surface area contributed by atoms with E-state index in [2.05, 4.69) is 11.9 Å². The predicted molar refractivity (Wildman–Crippen MR) is 103 cm³/mol. The molecule has 1 heterocycles. The molecule has 2 amide bonds. The lowest BCUT2D eigenvalue weighted by atomic mass is 10.1. The molecule has 1 N–H and O–H groups in total. The van der Waals surface area contributed by atoms with Crippen LogP contribution in [-0.4, -0.2) is 24.5 Å². The van der Waals surface area contributed by atoms with Crippen LogP contribution in [0.25, 0.3) is 0 Å². The van der Waals surface area contributed by atoms with Crippen LogP contribution in [0.2, 0.25) is 0 Å². The third-order valence-electron chi connectivity index (χ3n) is 4.51. The maximum absolute atomic E-state index is 12.5. The average Bonchev–Trinajstić information content (AvgIpc) is 2.61. The Balaban J connectivity index is 1.85. The van der Waals surface area contributed by atoms with E-state index in [4.69, 9.17) is 4.74 Å². The van der Waals surface area contributed by atoms with Crippen LogP contribution in [-0.2, 0) is 4.79 Å². The number of benzene rings is 2. The van der Waals surface area contributed by atoms with Crippen LogP contribution in [0.15, 0.2) is 49.1 Å². The van der Waals surface area contributed by atoms with Gasteiger partial charge in [0.2, 0.25) is 0 Å². The van der Waals surface area contributed by atoms with Gasteiger partial charge in [-0.05, 0) is 56.2 Å². The number of rotatable bonds is 4. The first-order valence-electron chi connectivity index (χ1n) is 8.52. The zero-order chi connectivity index (χ0) is 18.8.